The topological polar surface area (TPSA) is 59.9 Å². The molecule has 5 nitrogen and oxygen atoms in total. The Hall–Kier alpha value is -1.57. The molecule has 2 rings (SSSR count). The van der Waals surface area contributed by atoms with E-state index in [2.05, 4.69) is 42.4 Å². The number of carbonyl (C=O) groups is 1. The summed E-state index contributed by atoms with van der Waals surface area (Å²) in [5.74, 6) is 0.791. The number of hydrogen-bond donors (Lipinski definition) is 1. The maximum atomic E-state index is 11.7. The summed E-state index contributed by atoms with van der Waals surface area (Å²) in [5, 5.41) is 4.51. The molecule has 0 bridgehead atoms. The van der Waals surface area contributed by atoms with Gasteiger partial charge in [-0.15, -0.1) is 0 Å². The van der Waals surface area contributed by atoms with Crippen LogP contribution >= 0.6 is 43.5 Å². The zero-order chi connectivity index (χ0) is 17.5. The molecular weight excluding hydrogens is 463 g/mol. The van der Waals surface area contributed by atoms with E-state index in [0.717, 1.165) is 8.95 Å². The Bertz CT molecular complexity index is 752. The van der Waals surface area contributed by atoms with Gasteiger partial charge in [-0.1, -0.05) is 27.5 Å². The molecule has 126 valence electrons. The van der Waals surface area contributed by atoms with Crippen molar-refractivity contribution in [2.24, 2.45) is 5.10 Å². The van der Waals surface area contributed by atoms with Gasteiger partial charge >= 0.3 is 0 Å². The number of methoxy groups -OCH3 is 1. The predicted molar refractivity (Wildman–Crippen MR) is 101 cm³/mol. The van der Waals surface area contributed by atoms with Crippen molar-refractivity contribution in [2.75, 3.05) is 13.7 Å². The smallest absolute Gasteiger partial charge is 0.277 e. The molecule has 1 N–H and O–H groups in total. The summed E-state index contributed by atoms with van der Waals surface area (Å²) in [5.41, 5.74) is 3.10. The van der Waals surface area contributed by atoms with Crippen LogP contribution in [0.2, 0.25) is 5.02 Å². The van der Waals surface area contributed by atoms with Gasteiger partial charge < -0.3 is 9.47 Å². The molecule has 24 heavy (non-hydrogen) atoms. The van der Waals surface area contributed by atoms with Crippen molar-refractivity contribution in [2.45, 2.75) is 0 Å². The number of nitrogens with one attached hydrogen (secondary N) is 1. The van der Waals surface area contributed by atoms with Crippen LogP contribution in [0, 0.1) is 0 Å². The number of hydrazone groups is 1. The Morgan fingerprint density at radius 3 is 2.67 bits per heavy atom. The number of hydrogen-bond acceptors (Lipinski definition) is 4. The van der Waals surface area contributed by atoms with Crippen molar-refractivity contribution in [1.82, 2.24) is 5.43 Å². The van der Waals surface area contributed by atoms with Crippen molar-refractivity contribution in [3.63, 3.8) is 0 Å². The molecule has 8 heteroatoms. The van der Waals surface area contributed by atoms with Crippen molar-refractivity contribution in [3.05, 3.63) is 55.9 Å². The average molecular weight is 477 g/mol. The third kappa shape index (κ3) is 5.51. The number of benzene rings is 2. The monoisotopic (exact) mass is 474 g/mol. The first kappa shape index (κ1) is 18.8. The zero-order valence-corrected chi connectivity index (χ0v) is 16.5. The van der Waals surface area contributed by atoms with E-state index in [0.29, 0.717) is 22.1 Å². The zero-order valence-electron chi connectivity index (χ0n) is 12.6. The fourth-order valence-electron chi connectivity index (χ4n) is 1.78. The van der Waals surface area contributed by atoms with Gasteiger partial charge in [0.05, 0.1) is 17.8 Å². The van der Waals surface area contributed by atoms with E-state index in [9.17, 15) is 4.79 Å². The Balaban J connectivity index is 1.91. The fraction of sp³-hybridized carbons (Fsp3) is 0.125. The first-order chi connectivity index (χ1) is 11.5. The van der Waals surface area contributed by atoms with Crippen LogP contribution in [-0.2, 0) is 4.79 Å². The van der Waals surface area contributed by atoms with Gasteiger partial charge in [-0.05, 0) is 52.3 Å². The van der Waals surface area contributed by atoms with Crippen molar-refractivity contribution < 1.29 is 14.3 Å². The number of amides is 1. The molecule has 1 amide bonds. The molecule has 0 aliphatic carbocycles. The number of rotatable bonds is 6. The molecule has 0 fully saturated rings. The summed E-state index contributed by atoms with van der Waals surface area (Å²) in [6.07, 6.45) is 1.49. The number of ether oxygens (including phenoxy) is 2. The van der Waals surface area contributed by atoms with Crippen LogP contribution in [0.25, 0.3) is 0 Å². The number of halogens is 3. The van der Waals surface area contributed by atoms with Gasteiger partial charge in [0.2, 0.25) is 0 Å². The minimum absolute atomic E-state index is 0.154. The number of nitrogens with zero attached hydrogens (tertiary/aromatic N) is 1. The average Bonchev–Trinajstić information content (AvgIpc) is 2.54. The SMILES string of the molecule is COc1c(Br)cc(Br)cc1/C=N\NC(=O)COc1ccc(Cl)cc1. The third-order valence-corrected chi connectivity index (χ3v) is 4.12. The lowest BCUT2D eigenvalue weighted by atomic mass is 10.2. The predicted octanol–water partition coefficient (Wildman–Crippen LogP) is 4.40. The van der Waals surface area contributed by atoms with Gasteiger partial charge in [-0.3, -0.25) is 4.79 Å². The van der Waals surface area contributed by atoms with Crippen LogP contribution in [0.1, 0.15) is 5.56 Å². The Morgan fingerprint density at radius 2 is 2.00 bits per heavy atom. The number of carbonyl (C=O) groups excluding carboxylic acids is 1. The lowest BCUT2D eigenvalue weighted by Crippen LogP contribution is -2.24. The van der Waals surface area contributed by atoms with E-state index >= 15 is 0 Å². The molecule has 0 atom stereocenters. The van der Waals surface area contributed by atoms with Gasteiger partial charge in [0, 0.05) is 15.1 Å². The molecule has 0 saturated carbocycles. The van der Waals surface area contributed by atoms with Crippen LogP contribution in [0.4, 0.5) is 0 Å². The van der Waals surface area contributed by atoms with Crippen LogP contribution in [0.15, 0.2) is 50.4 Å². The minimum atomic E-state index is -0.380. The molecule has 0 saturated heterocycles. The molecular formula is C16H13Br2ClN2O3. The maximum Gasteiger partial charge on any atom is 0.277 e. The summed E-state index contributed by atoms with van der Waals surface area (Å²) in [6, 6.07) is 10.4. The Morgan fingerprint density at radius 1 is 1.29 bits per heavy atom. The molecule has 0 aromatic heterocycles. The van der Waals surface area contributed by atoms with Crippen LogP contribution < -0.4 is 14.9 Å². The summed E-state index contributed by atoms with van der Waals surface area (Å²) in [6.45, 7) is -0.154. The van der Waals surface area contributed by atoms with E-state index < -0.39 is 0 Å². The molecule has 2 aromatic rings. The highest BCUT2D eigenvalue weighted by molar-refractivity contribution is 9.11. The van der Waals surface area contributed by atoms with Crippen LogP contribution in [0.3, 0.4) is 0 Å². The van der Waals surface area contributed by atoms with E-state index in [1.165, 1.54) is 6.21 Å². The summed E-state index contributed by atoms with van der Waals surface area (Å²) in [7, 11) is 1.56. The highest BCUT2D eigenvalue weighted by Crippen LogP contribution is 2.31. The minimum Gasteiger partial charge on any atom is -0.495 e. The van der Waals surface area contributed by atoms with Crippen molar-refractivity contribution >= 4 is 55.6 Å². The highest BCUT2D eigenvalue weighted by Gasteiger charge is 2.08. The normalized spacial score (nSPS) is 10.7. The van der Waals surface area contributed by atoms with Gasteiger partial charge in [0.25, 0.3) is 5.91 Å². The molecule has 0 aliphatic rings. The van der Waals surface area contributed by atoms with Gasteiger partial charge in [0.15, 0.2) is 6.61 Å². The standard InChI is InChI=1S/C16H13Br2ClN2O3/c1-23-16-10(6-11(17)7-14(16)18)8-20-21-15(22)9-24-13-4-2-12(19)3-5-13/h2-8H,9H2,1H3,(H,21,22)/b20-8-. The van der Waals surface area contributed by atoms with Gasteiger partial charge in [0.1, 0.15) is 11.5 Å². The molecule has 0 radical (unpaired) electrons. The molecule has 0 heterocycles. The van der Waals surface area contributed by atoms with E-state index in [1.807, 2.05) is 12.1 Å². The Labute approximate surface area is 161 Å². The van der Waals surface area contributed by atoms with Gasteiger partial charge in [-0.25, -0.2) is 5.43 Å². The third-order valence-electron chi connectivity index (χ3n) is 2.82. The van der Waals surface area contributed by atoms with E-state index in [-0.39, 0.29) is 12.5 Å². The van der Waals surface area contributed by atoms with Crippen molar-refractivity contribution in [3.8, 4) is 11.5 Å². The van der Waals surface area contributed by atoms with E-state index in [1.54, 1.807) is 31.4 Å². The molecule has 0 unspecified atom stereocenters. The summed E-state index contributed by atoms with van der Waals surface area (Å²) >= 11 is 12.6. The lowest BCUT2D eigenvalue weighted by molar-refractivity contribution is -0.123. The van der Waals surface area contributed by atoms with Crippen LogP contribution in [-0.4, -0.2) is 25.8 Å². The maximum absolute atomic E-state index is 11.7. The largest absolute Gasteiger partial charge is 0.495 e. The van der Waals surface area contributed by atoms with E-state index in [4.69, 9.17) is 21.1 Å². The summed E-state index contributed by atoms with van der Waals surface area (Å²) < 4.78 is 12.3. The molecule has 0 spiro atoms. The quantitative estimate of drug-likeness (QED) is 0.497. The Kier molecular flexibility index (Phi) is 7.08. The summed E-state index contributed by atoms with van der Waals surface area (Å²) in [4.78, 5) is 11.7. The van der Waals surface area contributed by atoms with Crippen molar-refractivity contribution in [1.29, 1.82) is 0 Å². The lowest BCUT2D eigenvalue weighted by Gasteiger charge is -2.08. The molecule has 2 aromatic carbocycles. The first-order valence-corrected chi connectivity index (χ1v) is 8.69. The second-order valence-corrected chi connectivity index (χ2v) is 6.75. The second-order valence-electron chi connectivity index (χ2n) is 4.55. The fourth-order valence-corrected chi connectivity index (χ4v) is 3.32. The van der Waals surface area contributed by atoms with Gasteiger partial charge in [-0.2, -0.15) is 5.10 Å². The highest BCUT2D eigenvalue weighted by atomic mass is 79.9. The molecule has 0 aliphatic heterocycles. The second kappa shape index (κ2) is 9.05. The van der Waals surface area contributed by atoms with Crippen LogP contribution in [0.5, 0.6) is 11.5 Å². The first-order valence-electron chi connectivity index (χ1n) is 6.73.